The van der Waals surface area contributed by atoms with Crippen LogP contribution in [0.15, 0.2) is 12.1 Å². The number of rotatable bonds is 5. The molecule has 0 aliphatic heterocycles. The van der Waals surface area contributed by atoms with Gasteiger partial charge in [-0.05, 0) is 12.5 Å². The van der Waals surface area contributed by atoms with Crippen LogP contribution in [0.4, 0.5) is 19.0 Å². The van der Waals surface area contributed by atoms with Gasteiger partial charge >= 0.3 is 6.18 Å². The second-order valence-electron chi connectivity index (χ2n) is 4.54. The third-order valence-electron chi connectivity index (χ3n) is 3.00. The Bertz CT molecular complexity index is 674. The lowest BCUT2D eigenvalue weighted by Gasteiger charge is -2.14. The number of hydrogen-bond acceptors (Lipinski definition) is 5. The summed E-state index contributed by atoms with van der Waals surface area (Å²) in [5, 5.41) is 3.33. The molecule has 0 fully saturated rings. The number of nitrogens with zero attached hydrogens (tertiary/aromatic N) is 2. The number of fused-ring (bicyclic) bond motifs is 1. The van der Waals surface area contributed by atoms with Gasteiger partial charge in [-0.1, -0.05) is 6.92 Å². The van der Waals surface area contributed by atoms with Crippen molar-refractivity contribution in [1.82, 2.24) is 9.97 Å². The summed E-state index contributed by atoms with van der Waals surface area (Å²) in [6.07, 6.45) is -3.87. The predicted octanol–water partition coefficient (Wildman–Crippen LogP) is 3.49. The van der Waals surface area contributed by atoms with Crippen molar-refractivity contribution in [1.29, 1.82) is 0 Å². The smallest absolute Gasteiger partial charge is 0.451 e. The summed E-state index contributed by atoms with van der Waals surface area (Å²) in [6, 6.07) is 2.97. The van der Waals surface area contributed by atoms with Gasteiger partial charge in [0.25, 0.3) is 0 Å². The van der Waals surface area contributed by atoms with Gasteiger partial charge in [0, 0.05) is 18.0 Å². The van der Waals surface area contributed by atoms with E-state index in [0.29, 0.717) is 23.4 Å². The third kappa shape index (κ3) is 3.15. The van der Waals surface area contributed by atoms with Gasteiger partial charge in [-0.2, -0.15) is 13.2 Å². The molecule has 0 spiro atoms. The van der Waals surface area contributed by atoms with Crippen molar-refractivity contribution in [3.63, 3.8) is 0 Å². The molecular formula is C14H16F3N3O2. The highest BCUT2D eigenvalue weighted by Crippen LogP contribution is 2.36. The van der Waals surface area contributed by atoms with Crippen LogP contribution in [0.5, 0.6) is 11.5 Å². The fourth-order valence-electron chi connectivity index (χ4n) is 1.96. The Morgan fingerprint density at radius 2 is 1.73 bits per heavy atom. The molecule has 0 saturated heterocycles. The Hall–Kier alpha value is -2.25. The van der Waals surface area contributed by atoms with Crippen molar-refractivity contribution in [2.45, 2.75) is 19.5 Å². The first-order valence-corrected chi connectivity index (χ1v) is 6.65. The SMILES string of the molecule is CCCNc1nc(C(F)(F)F)nc2cc(OC)c(OC)cc12. The fourth-order valence-corrected chi connectivity index (χ4v) is 1.96. The topological polar surface area (TPSA) is 56.3 Å². The summed E-state index contributed by atoms with van der Waals surface area (Å²) in [5.74, 6) is -0.355. The molecule has 0 amide bonds. The van der Waals surface area contributed by atoms with Crippen LogP contribution in [0.2, 0.25) is 0 Å². The Kier molecular flexibility index (Phi) is 4.58. The van der Waals surface area contributed by atoms with Gasteiger partial charge in [0.15, 0.2) is 11.5 Å². The van der Waals surface area contributed by atoms with Crippen LogP contribution in [0.25, 0.3) is 10.9 Å². The predicted molar refractivity (Wildman–Crippen MR) is 76.4 cm³/mol. The fraction of sp³-hybridized carbons (Fsp3) is 0.429. The van der Waals surface area contributed by atoms with E-state index in [1.54, 1.807) is 6.07 Å². The minimum atomic E-state index is -4.62. The average Bonchev–Trinajstić information content (AvgIpc) is 2.49. The van der Waals surface area contributed by atoms with E-state index in [1.165, 1.54) is 20.3 Å². The summed E-state index contributed by atoms with van der Waals surface area (Å²) in [6.45, 7) is 2.41. The maximum atomic E-state index is 12.9. The Balaban J connectivity index is 2.70. The van der Waals surface area contributed by atoms with Crippen LogP contribution < -0.4 is 14.8 Å². The van der Waals surface area contributed by atoms with Crippen LogP contribution in [-0.2, 0) is 6.18 Å². The van der Waals surface area contributed by atoms with Gasteiger partial charge in [0.1, 0.15) is 5.82 Å². The lowest BCUT2D eigenvalue weighted by atomic mass is 10.2. The highest BCUT2D eigenvalue weighted by atomic mass is 19.4. The van der Waals surface area contributed by atoms with Crippen molar-refractivity contribution in [2.24, 2.45) is 0 Å². The molecule has 0 atom stereocenters. The summed E-state index contributed by atoms with van der Waals surface area (Å²) in [4.78, 5) is 7.18. The van der Waals surface area contributed by atoms with Gasteiger partial charge in [0.05, 0.1) is 19.7 Å². The number of nitrogens with one attached hydrogen (secondary N) is 1. The summed E-state index contributed by atoms with van der Waals surface area (Å²) < 4.78 is 49.1. The van der Waals surface area contributed by atoms with Gasteiger partial charge in [-0.25, -0.2) is 9.97 Å². The zero-order chi connectivity index (χ0) is 16.3. The highest BCUT2D eigenvalue weighted by molar-refractivity contribution is 5.91. The molecule has 120 valence electrons. The molecule has 1 aromatic carbocycles. The molecule has 0 aliphatic rings. The zero-order valence-electron chi connectivity index (χ0n) is 12.4. The van der Waals surface area contributed by atoms with E-state index < -0.39 is 12.0 Å². The van der Waals surface area contributed by atoms with Gasteiger partial charge in [-0.3, -0.25) is 0 Å². The standard InChI is InChI=1S/C14H16F3N3O2/c1-4-5-18-12-8-6-10(21-2)11(22-3)7-9(8)19-13(20-12)14(15,16)17/h6-7H,4-5H2,1-3H3,(H,18,19,20). The molecule has 8 heteroatoms. The minimum Gasteiger partial charge on any atom is -0.493 e. The number of hydrogen-bond donors (Lipinski definition) is 1. The van der Waals surface area contributed by atoms with Crippen LogP contribution >= 0.6 is 0 Å². The second kappa shape index (κ2) is 6.25. The zero-order valence-corrected chi connectivity index (χ0v) is 12.4. The molecule has 0 unspecified atom stereocenters. The maximum absolute atomic E-state index is 12.9. The van der Waals surface area contributed by atoms with Gasteiger partial charge < -0.3 is 14.8 Å². The van der Waals surface area contributed by atoms with Gasteiger partial charge in [0.2, 0.25) is 5.82 Å². The number of methoxy groups -OCH3 is 2. The minimum absolute atomic E-state index is 0.125. The van der Waals surface area contributed by atoms with Crippen molar-refractivity contribution in [3.8, 4) is 11.5 Å². The second-order valence-corrected chi connectivity index (χ2v) is 4.54. The molecule has 0 aliphatic carbocycles. The average molecular weight is 315 g/mol. The lowest BCUT2D eigenvalue weighted by molar-refractivity contribution is -0.144. The first kappa shape index (κ1) is 16.1. The number of benzene rings is 1. The molecule has 1 aromatic heterocycles. The Labute approximate surface area is 125 Å². The summed E-state index contributed by atoms with van der Waals surface area (Å²) in [5.41, 5.74) is 0.138. The highest BCUT2D eigenvalue weighted by Gasteiger charge is 2.35. The van der Waals surface area contributed by atoms with Crippen LogP contribution in [0.3, 0.4) is 0 Å². The molecule has 0 radical (unpaired) electrons. The molecular weight excluding hydrogens is 299 g/mol. The number of anilines is 1. The Morgan fingerprint density at radius 3 is 2.27 bits per heavy atom. The number of aromatic nitrogens is 2. The number of alkyl halides is 3. The largest absolute Gasteiger partial charge is 0.493 e. The first-order chi connectivity index (χ1) is 10.4. The van der Waals surface area contributed by atoms with E-state index in [2.05, 4.69) is 15.3 Å². The monoisotopic (exact) mass is 315 g/mol. The molecule has 5 nitrogen and oxygen atoms in total. The molecule has 1 N–H and O–H groups in total. The number of ether oxygens (including phenoxy) is 2. The normalized spacial score (nSPS) is 11.5. The molecule has 2 rings (SSSR count). The van der Waals surface area contributed by atoms with E-state index in [0.717, 1.165) is 6.42 Å². The van der Waals surface area contributed by atoms with E-state index in [4.69, 9.17) is 9.47 Å². The van der Waals surface area contributed by atoms with E-state index >= 15 is 0 Å². The lowest BCUT2D eigenvalue weighted by Crippen LogP contribution is -2.14. The Morgan fingerprint density at radius 1 is 1.09 bits per heavy atom. The van der Waals surface area contributed by atoms with Gasteiger partial charge in [-0.15, -0.1) is 0 Å². The van der Waals surface area contributed by atoms with E-state index in [-0.39, 0.29) is 11.3 Å². The maximum Gasteiger partial charge on any atom is 0.451 e. The first-order valence-electron chi connectivity index (χ1n) is 6.65. The summed E-state index contributed by atoms with van der Waals surface area (Å²) in [7, 11) is 2.86. The molecule has 0 bridgehead atoms. The van der Waals surface area contributed by atoms with Crippen LogP contribution in [0, 0.1) is 0 Å². The van der Waals surface area contributed by atoms with Crippen molar-refractivity contribution >= 4 is 16.7 Å². The molecule has 0 saturated carbocycles. The van der Waals surface area contributed by atoms with Crippen LogP contribution in [-0.4, -0.2) is 30.7 Å². The van der Waals surface area contributed by atoms with Crippen molar-refractivity contribution in [3.05, 3.63) is 18.0 Å². The van der Waals surface area contributed by atoms with Crippen molar-refractivity contribution < 1.29 is 22.6 Å². The van der Waals surface area contributed by atoms with Crippen LogP contribution in [0.1, 0.15) is 19.2 Å². The van der Waals surface area contributed by atoms with E-state index in [9.17, 15) is 13.2 Å². The third-order valence-corrected chi connectivity index (χ3v) is 3.00. The molecule has 2 aromatic rings. The van der Waals surface area contributed by atoms with Crippen molar-refractivity contribution in [2.75, 3.05) is 26.1 Å². The molecule has 1 heterocycles. The molecule has 22 heavy (non-hydrogen) atoms. The summed E-state index contributed by atoms with van der Waals surface area (Å²) >= 11 is 0. The van der Waals surface area contributed by atoms with E-state index in [1.807, 2.05) is 6.92 Å². The quantitative estimate of drug-likeness (QED) is 0.915. The number of halogens is 3.